The second-order valence-corrected chi connectivity index (χ2v) is 4.66. The minimum atomic E-state index is -0.201. The topological polar surface area (TPSA) is 43.6 Å². The van der Waals surface area contributed by atoms with Crippen molar-refractivity contribution in [2.24, 2.45) is 5.92 Å². The number of hydrogen-bond donors (Lipinski definition) is 1. The lowest BCUT2D eigenvalue weighted by molar-refractivity contribution is -0.0990. The molecule has 2 rings (SSSR count). The third-order valence-corrected chi connectivity index (χ3v) is 3.29. The zero-order valence-corrected chi connectivity index (χ0v) is 10.7. The molecule has 0 radical (unpaired) electrons. The van der Waals surface area contributed by atoms with E-state index >= 15 is 0 Å². The molecule has 1 aromatic rings. The minimum absolute atomic E-state index is 0.201. The Bertz CT molecular complexity index is 346. The van der Waals surface area contributed by atoms with Gasteiger partial charge in [0.05, 0.1) is 6.54 Å². The van der Waals surface area contributed by atoms with Crippen LogP contribution in [0.5, 0.6) is 0 Å². The molecule has 0 saturated heterocycles. The molecule has 1 aromatic heterocycles. The lowest BCUT2D eigenvalue weighted by Crippen LogP contribution is -2.29. The van der Waals surface area contributed by atoms with E-state index in [0.29, 0.717) is 19.0 Å². The van der Waals surface area contributed by atoms with Crippen molar-refractivity contribution in [2.45, 2.75) is 32.1 Å². The first-order valence-corrected chi connectivity index (χ1v) is 6.09. The number of hydrogen-bond acceptors (Lipinski definition) is 4. The Kier molecular flexibility index (Phi) is 4.20. The van der Waals surface area contributed by atoms with E-state index in [2.05, 4.69) is 18.3 Å². The number of nitrogens with one attached hydrogen (secondary N) is 1. The predicted octanol–water partition coefficient (Wildman–Crippen LogP) is 2.11. The predicted molar refractivity (Wildman–Crippen MR) is 64.7 cm³/mol. The van der Waals surface area contributed by atoms with E-state index in [4.69, 9.17) is 13.9 Å². The number of ether oxygens (including phenoxy) is 2. The average molecular weight is 239 g/mol. The zero-order chi connectivity index (χ0) is 12.3. The van der Waals surface area contributed by atoms with Crippen LogP contribution in [-0.4, -0.2) is 27.1 Å². The largest absolute Gasteiger partial charge is 0.464 e. The standard InChI is InChI=1S/C13H21NO3/c1-9-6-11(9)12-5-4-10(17-12)7-14-8-13(15-2)16-3/h4-5,9,11,13-14H,6-8H2,1-3H3. The smallest absolute Gasteiger partial charge is 0.169 e. The Hall–Kier alpha value is -0.840. The Morgan fingerprint density at radius 1 is 1.41 bits per heavy atom. The van der Waals surface area contributed by atoms with E-state index in [-0.39, 0.29) is 6.29 Å². The Morgan fingerprint density at radius 3 is 2.71 bits per heavy atom. The number of methoxy groups -OCH3 is 2. The van der Waals surface area contributed by atoms with E-state index < -0.39 is 0 Å². The first-order valence-electron chi connectivity index (χ1n) is 6.09. The van der Waals surface area contributed by atoms with E-state index in [0.717, 1.165) is 17.4 Å². The molecule has 0 aliphatic heterocycles. The van der Waals surface area contributed by atoms with E-state index in [1.165, 1.54) is 6.42 Å². The zero-order valence-electron chi connectivity index (χ0n) is 10.7. The summed E-state index contributed by atoms with van der Waals surface area (Å²) < 4.78 is 16.0. The first kappa shape index (κ1) is 12.6. The van der Waals surface area contributed by atoms with Gasteiger partial charge in [0.15, 0.2) is 6.29 Å². The van der Waals surface area contributed by atoms with Crippen molar-refractivity contribution in [3.63, 3.8) is 0 Å². The van der Waals surface area contributed by atoms with Gasteiger partial charge in [-0.2, -0.15) is 0 Å². The average Bonchev–Trinajstić information content (AvgIpc) is 2.89. The van der Waals surface area contributed by atoms with Crippen molar-refractivity contribution in [2.75, 3.05) is 20.8 Å². The van der Waals surface area contributed by atoms with Gasteiger partial charge in [-0.25, -0.2) is 0 Å². The fourth-order valence-corrected chi connectivity index (χ4v) is 1.98. The van der Waals surface area contributed by atoms with Gasteiger partial charge in [0.2, 0.25) is 0 Å². The molecule has 1 aliphatic carbocycles. The minimum Gasteiger partial charge on any atom is -0.464 e. The van der Waals surface area contributed by atoms with Crippen LogP contribution in [0.25, 0.3) is 0 Å². The molecule has 1 fully saturated rings. The molecule has 1 N–H and O–H groups in total. The van der Waals surface area contributed by atoms with Crippen LogP contribution in [0.4, 0.5) is 0 Å². The lowest BCUT2D eigenvalue weighted by atomic mass is 10.3. The molecule has 0 amide bonds. The van der Waals surface area contributed by atoms with Gasteiger partial charge in [-0.05, 0) is 24.5 Å². The maximum absolute atomic E-state index is 5.78. The highest BCUT2D eigenvalue weighted by molar-refractivity contribution is 5.17. The van der Waals surface area contributed by atoms with Gasteiger partial charge in [0.25, 0.3) is 0 Å². The lowest BCUT2D eigenvalue weighted by Gasteiger charge is -2.13. The molecule has 4 heteroatoms. The number of furan rings is 1. The second kappa shape index (κ2) is 5.67. The van der Waals surface area contributed by atoms with Crippen LogP contribution in [-0.2, 0) is 16.0 Å². The molecule has 17 heavy (non-hydrogen) atoms. The van der Waals surface area contributed by atoms with E-state index in [1.807, 2.05) is 6.07 Å². The van der Waals surface area contributed by atoms with Gasteiger partial charge >= 0.3 is 0 Å². The van der Waals surface area contributed by atoms with Crippen molar-refractivity contribution >= 4 is 0 Å². The van der Waals surface area contributed by atoms with Crippen LogP contribution in [0.1, 0.15) is 30.8 Å². The highest BCUT2D eigenvalue weighted by Crippen LogP contribution is 2.47. The van der Waals surface area contributed by atoms with Crippen molar-refractivity contribution in [1.29, 1.82) is 0 Å². The molecule has 0 aromatic carbocycles. The summed E-state index contributed by atoms with van der Waals surface area (Å²) in [5.74, 6) is 3.54. The van der Waals surface area contributed by atoms with Gasteiger partial charge in [0, 0.05) is 26.7 Å². The SMILES string of the molecule is COC(CNCc1ccc(C2CC2C)o1)OC. The summed E-state index contributed by atoms with van der Waals surface area (Å²) in [5, 5.41) is 3.24. The molecular weight excluding hydrogens is 218 g/mol. The Labute approximate surface area is 102 Å². The fourth-order valence-electron chi connectivity index (χ4n) is 1.98. The molecule has 1 heterocycles. The summed E-state index contributed by atoms with van der Waals surface area (Å²) in [7, 11) is 3.27. The van der Waals surface area contributed by atoms with Gasteiger partial charge < -0.3 is 19.2 Å². The molecule has 0 spiro atoms. The summed E-state index contributed by atoms with van der Waals surface area (Å²) >= 11 is 0. The van der Waals surface area contributed by atoms with Gasteiger partial charge in [-0.1, -0.05) is 6.92 Å². The van der Waals surface area contributed by atoms with Crippen LogP contribution >= 0.6 is 0 Å². The van der Waals surface area contributed by atoms with Gasteiger partial charge in [-0.15, -0.1) is 0 Å². The van der Waals surface area contributed by atoms with Crippen LogP contribution < -0.4 is 5.32 Å². The van der Waals surface area contributed by atoms with Crippen molar-refractivity contribution < 1.29 is 13.9 Å². The van der Waals surface area contributed by atoms with Crippen molar-refractivity contribution in [1.82, 2.24) is 5.32 Å². The molecule has 1 aliphatic rings. The Balaban J connectivity index is 1.74. The van der Waals surface area contributed by atoms with Gasteiger partial charge in [-0.3, -0.25) is 0 Å². The molecule has 96 valence electrons. The van der Waals surface area contributed by atoms with E-state index in [9.17, 15) is 0 Å². The van der Waals surface area contributed by atoms with Crippen molar-refractivity contribution in [3.8, 4) is 0 Å². The summed E-state index contributed by atoms with van der Waals surface area (Å²) in [6.45, 7) is 3.63. The summed E-state index contributed by atoms with van der Waals surface area (Å²) in [6, 6.07) is 4.14. The fraction of sp³-hybridized carbons (Fsp3) is 0.692. The summed E-state index contributed by atoms with van der Waals surface area (Å²) in [4.78, 5) is 0. The summed E-state index contributed by atoms with van der Waals surface area (Å²) in [6.07, 6.45) is 1.06. The molecule has 2 unspecified atom stereocenters. The third kappa shape index (κ3) is 3.31. The van der Waals surface area contributed by atoms with Crippen LogP contribution in [0.2, 0.25) is 0 Å². The molecule has 1 saturated carbocycles. The van der Waals surface area contributed by atoms with Gasteiger partial charge in [0.1, 0.15) is 11.5 Å². The maximum Gasteiger partial charge on any atom is 0.169 e. The highest BCUT2D eigenvalue weighted by atomic mass is 16.7. The summed E-state index contributed by atoms with van der Waals surface area (Å²) in [5.41, 5.74) is 0. The number of rotatable bonds is 7. The molecule has 4 nitrogen and oxygen atoms in total. The maximum atomic E-state index is 5.78. The molecular formula is C13H21NO3. The quantitative estimate of drug-likeness (QED) is 0.740. The normalized spacial score (nSPS) is 23.3. The van der Waals surface area contributed by atoms with E-state index in [1.54, 1.807) is 14.2 Å². The second-order valence-electron chi connectivity index (χ2n) is 4.66. The monoisotopic (exact) mass is 239 g/mol. The third-order valence-electron chi connectivity index (χ3n) is 3.29. The molecule has 0 bridgehead atoms. The highest BCUT2D eigenvalue weighted by Gasteiger charge is 2.36. The molecule has 2 atom stereocenters. The van der Waals surface area contributed by atoms with Crippen molar-refractivity contribution in [3.05, 3.63) is 23.7 Å². The first-order chi connectivity index (χ1) is 8.24. The van der Waals surface area contributed by atoms with Crippen LogP contribution in [0.3, 0.4) is 0 Å². The Morgan fingerprint density at radius 2 is 2.12 bits per heavy atom. The van der Waals surface area contributed by atoms with Crippen LogP contribution in [0, 0.1) is 5.92 Å². The van der Waals surface area contributed by atoms with Crippen LogP contribution in [0.15, 0.2) is 16.5 Å².